The maximum absolute atomic E-state index is 11.1. The van der Waals surface area contributed by atoms with Gasteiger partial charge in [-0.15, -0.1) is 0 Å². The van der Waals surface area contributed by atoms with E-state index in [-0.39, 0.29) is 16.3 Å². The summed E-state index contributed by atoms with van der Waals surface area (Å²) in [6, 6.07) is 4.52. The fourth-order valence-corrected chi connectivity index (χ4v) is 1.83. The summed E-state index contributed by atoms with van der Waals surface area (Å²) in [5, 5.41) is 4.95. The maximum Gasteiger partial charge on any atom is 0.243 e. The summed E-state index contributed by atoms with van der Waals surface area (Å²) in [5.41, 5.74) is 5.53. The molecule has 0 atom stereocenters. The van der Waals surface area contributed by atoms with Crippen LogP contribution < -0.4 is 15.6 Å². The number of nitrogen functional groups attached to an aromatic ring is 1. The average molecular weight is 202 g/mol. The lowest BCUT2D eigenvalue weighted by molar-refractivity contribution is 0.403. The quantitative estimate of drug-likeness (QED) is 0.656. The summed E-state index contributed by atoms with van der Waals surface area (Å²) >= 11 is 0. The predicted molar refractivity (Wildman–Crippen MR) is 48.8 cm³/mol. The number of nitrogens with two attached hydrogens (primary N) is 2. The second-order valence-corrected chi connectivity index (χ2v) is 3.92. The first-order valence-electron chi connectivity index (χ1n) is 3.42. The minimum absolute atomic E-state index is 0.0850. The molecule has 0 fully saturated rings. The molecule has 0 heterocycles. The van der Waals surface area contributed by atoms with Gasteiger partial charge in [-0.2, -0.15) is 0 Å². The van der Waals surface area contributed by atoms with E-state index in [0.717, 1.165) is 0 Å². The Morgan fingerprint density at radius 1 is 1.38 bits per heavy atom. The molecule has 0 spiro atoms. The highest BCUT2D eigenvalue weighted by molar-refractivity contribution is 7.89. The van der Waals surface area contributed by atoms with Gasteiger partial charge >= 0.3 is 0 Å². The van der Waals surface area contributed by atoms with Gasteiger partial charge in [-0.1, -0.05) is 6.07 Å². The van der Waals surface area contributed by atoms with Gasteiger partial charge in [0.1, 0.15) is 10.6 Å². The molecule has 13 heavy (non-hydrogen) atoms. The topological polar surface area (TPSA) is 95.4 Å². The molecule has 0 aromatic heterocycles. The third-order valence-electron chi connectivity index (χ3n) is 1.51. The second-order valence-electron chi connectivity index (χ2n) is 2.42. The van der Waals surface area contributed by atoms with Crippen LogP contribution in [0.2, 0.25) is 0 Å². The number of anilines is 1. The van der Waals surface area contributed by atoms with Gasteiger partial charge in [-0.3, -0.25) is 0 Å². The van der Waals surface area contributed by atoms with Crippen molar-refractivity contribution < 1.29 is 13.2 Å². The van der Waals surface area contributed by atoms with Crippen LogP contribution >= 0.6 is 0 Å². The van der Waals surface area contributed by atoms with Crippen molar-refractivity contribution in [2.75, 3.05) is 12.8 Å². The third kappa shape index (κ3) is 1.90. The van der Waals surface area contributed by atoms with Gasteiger partial charge in [0.2, 0.25) is 10.0 Å². The predicted octanol–water partition coefficient (Wildman–Crippen LogP) is -0.0752. The third-order valence-corrected chi connectivity index (χ3v) is 2.52. The Bertz CT molecular complexity index is 414. The lowest BCUT2D eigenvalue weighted by Crippen LogP contribution is -2.15. The molecule has 1 aromatic rings. The molecule has 1 aromatic carbocycles. The Balaban J connectivity index is 3.50. The second kappa shape index (κ2) is 3.23. The highest BCUT2D eigenvalue weighted by atomic mass is 32.2. The summed E-state index contributed by atoms with van der Waals surface area (Å²) in [6.07, 6.45) is 0. The number of rotatable bonds is 2. The fourth-order valence-electron chi connectivity index (χ4n) is 0.998. The number of ether oxygens (including phenoxy) is 1. The van der Waals surface area contributed by atoms with E-state index in [9.17, 15) is 8.42 Å². The summed E-state index contributed by atoms with van der Waals surface area (Å²) in [4.78, 5) is -0.169. The van der Waals surface area contributed by atoms with E-state index >= 15 is 0 Å². The van der Waals surface area contributed by atoms with Crippen LogP contribution in [0.15, 0.2) is 23.1 Å². The Morgan fingerprint density at radius 2 is 2.00 bits per heavy atom. The van der Waals surface area contributed by atoms with Gasteiger partial charge in [0.25, 0.3) is 0 Å². The lowest BCUT2D eigenvalue weighted by Gasteiger charge is -2.08. The minimum atomic E-state index is -3.83. The van der Waals surface area contributed by atoms with Crippen LogP contribution in [0.5, 0.6) is 5.75 Å². The van der Waals surface area contributed by atoms with E-state index in [2.05, 4.69) is 0 Å². The highest BCUT2D eigenvalue weighted by Crippen LogP contribution is 2.27. The van der Waals surface area contributed by atoms with E-state index in [1.54, 1.807) is 6.07 Å². The number of primary sulfonamides is 1. The SMILES string of the molecule is COc1cccc(N)c1S(N)(=O)=O. The van der Waals surface area contributed by atoms with Crippen LogP contribution in [0.3, 0.4) is 0 Å². The molecule has 0 aliphatic heterocycles. The Morgan fingerprint density at radius 3 is 2.38 bits per heavy atom. The molecule has 0 aliphatic carbocycles. The number of sulfonamides is 1. The number of benzene rings is 1. The first-order valence-corrected chi connectivity index (χ1v) is 4.96. The molecule has 72 valence electrons. The summed E-state index contributed by atoms with van der Waals surface area (Å²) in [6.45, 7) is 0. The average Bonchev–Trinajstić information content (AvgIpc) is 2.01. The zero-order valence-corrected chi connectivity index (χ0v) is 7.84. The van der Waals surface area contributed by atoms with Crippen LogP contribution in [0.1, 0.15) is 0 Å². The van der Waals surface area contributed by atoms with Gasteiger partial charge in [0.05, 0.1) is 12.8 Å². The van der Waals surface area contributed by atoms with Crippen molar-refractivity contribution >= 4 is 15.7 Å². The van der Waals surface area contributed by atoms with Gasteiger partial charge in [0, 0.05) is 0 Å². The molecular weight excluding hydrogens is 192 g/mol. The molecular formula is C7H10N2O3S. The Hall–Kier alpha value is -1.27. The first-order chi connectivity index (χ1) is 5.96. The smallest absolute Gasteiger partial charge is 0.243 e. The molecule has 0 saturated carbocycles. The normalized spacial score (nSPS) is 11.2. The van der Waals surface area contributed by atoms with Crippen molar-refractivity contribution in [3.63, 3.8) is 0 Å². The van der Waals surface area contributed by atoms with Gasteiger partial charge < -0.3 is 10.5 Å². The molecule has 0 unspecified atom stereocenters. The van der Waals surface area contributed by atoms with Gasteiger partial charge in [-0.05, 0) is 12.1 Å². The Kier molecular flexibility index (Phi) is 2.44. The number of hydrogen-bond acceptors (Lipinski definition) is 4. The van der Waals surface area contributed by atoms with Crippen LogP contribution in [0, 0.1) is 0 Å². The summed E-state index contributed by atoms with van der Waals surface area (Å²) in [7, 11) is -2.48. The zero-order chi connectivity index (χ0) is 10.1. The summed E-state index contributed by atoms with van der Waals surface area (Å²) in [5.74, 6) is 0.155. The monoisotopic (exact) mass is 202 g/mol. The van der Waals surface area contributed by atoms with Crippen LogP contribution in [-0.4, -0.2) is 15.5 Å². The molecule has 0 saturated heterocycles. The van der Waals surface area contributed by atoms with Crippen molar-refractivity contribution in [2.24, 2.45) is 5.14 Å². The van der Waals surface area contributed by atoms with Crippen LogP contribution in [0.25, 0.3) is 0 Å². The molecule has 0 amide bonds. The summed E-state index contributed by atoms with van der Waals surface area (Å²) < 4.78 is 26.9. The molecule has 0 bridgehead atoms. The van der Waals surface area contributed by atoms with E-state index in [0.29, 0.717) is 0 Å². The van der Waals surface area contributed by atoms with Crippen molar-refractivity contribution in [2.45, 2.75) is 4.90 Å². The first kappa shape index (κ1) is 9.82. The molecule has 0 aliphatic rings. The molecule has 6 heteroatoms. The fraction of sp³-hybridized carbons (Fsp3) is 0.143. The van der Waals surface area contributed by atoms with Gasteiger partial charge in [-0.25, -0.2) is 13.6 Å². The van der Waals surface area contributed by atoms with E-state index in [1.165, 1.54) is 19.2 Å². The molecule has 1 rings (SSSR count). The van der Waals surface area contributed by atoms with Crippen LogP contribution in [0.4, 0.5) is 5.69 Å². The standard InChI is InChI=1S/C7H10N2O3S/c1-12-6-4-2-3-5(8)7(6)13(9,10)11/h2-4H,8H2,1H3,(H2,9,10,11). The van der Waals surface area contributed by atoms with E-state index in [1.807, 2.05) is 0 Å². The van der Waals surface area contributed by atoms with Gasteiger partial charge in [0.15, 0.2) is 0 Å². The molecule has 5 nitrogen and oxygen atoms in total. The van der Waals surface area contributed by atoms with E-state index in [4.69, 9.17) is 15.6 Å². The number of methoxy groups -OCH3 is 1. The zero-order valence-electron chi connectivity index (χ0n) is 7.02. The van der Waals surface area contributed by atoms with Crippen LogP contribution in [-0.2, 0) is 10.0 Å². The minimum Gasteiger partial charge on any atom is -0.495 e. The molecule has 0 radical (unpaired) electrons. The van der Waals surface area contributed by atoms with Crippen molar-refractivity contribution in [3.8, 4) is 5.75 Å². The highest BCUT2D eigenvalue weighted by Gasteiger charge is 2.17. The molecule has 4 N–H and O–H groups in total. The van der Waals surface area contributed by atoms with Crippen molar-refractivity contribution in [1.82, 2.24) is 0 Å². The Labute approximate surface area is 76.4 Å². The lowest BCUT2D eigenvalue weighted by atomic mass is 10.3. The van der Waals surface area contributed by atoms with Crippen molar-refractivity contribution in [3.05, 3.63) is 18.2 Å². The van der Waals surface area contributed by atoms with Crippen molar-refractivity contribution in [1.29, 1.82) is 0 Å². The number of hydrogen-bond donors (Lipinski definition) is 2. The largest absolute Gasteiger partial charge is 0.495 e. The van der Waals surface area contributed by atoms with E-state index < -0.39 is 10.0 Å². The maximum atomic E-state index is 11.1.